The average molecular weight is 407 g/mol. The fourth-order valence-corrected chi connectivity index (χ4v) is 2.85. The van der Waals surface area contributed by atoms with E-state index in [0.29, 0.717) is 27.7 Å². The Hall–Kier alpha value is -3.30. The molecule has 1 aliphatic rings. The Morgan fingerprint density at radius 2 is 1.52 bits per heavy atom. The van der Waals surface area contributed by atoms with Gasteiger partial charge in [0, 0.05) is 13.1 Å². The third-order valence-corrected chi connectivity index (χ3v) is 4.20. The van der Waals surface area contributed by atoms with E-state index in [1.54, 1.807) is 12.1 Å². The summed E-state index contributed by atoms with van der Waals surface area (Å²) in [6.07, 6.45) is 0. The molecule has 0 atom stereocenters. The molecule has 29 heavy (non-hydrogen) atoms. The quantitative estimate of drug-likeness (QED) is 0.475. The first kappa shape index (κ1) is 22.0. The van der Waals surface area contributed by atoms with Crippen LogP contribution in [0.3, 0.4) is 0 Å². The van der Waals surface area contributed by atoms with Crippen LogP contribution >= 0.6 is 0 Å². The summed E-state index contributed by atoms with van der Waals surface area (Å²) in [4.78, 5) is 50.1. The van der Waals surface area contributed by atoms with Crippen molar-refractivity contribution in [1.29, 1.82) is 0 Å². The first-order valence-corrected chi connectivity index (χ1v) is 8.96. The summed E-state index contributed by atoms with van der Waals surface area (Å²) >= 11 is 0. The van der Waals surface area contributed by atoms with Crippen LogP contribution in [0.5, 0.6) is 17.2 Å². The summed E-state index contributed by atoms with van der Waals surface area (Å²) in [6.45, 7) is 3.31. The first-order chi connectivity index (χ1) is 13.7. The van der Waals surface area contributed by atoms with E-state index in [1.807, 2.05) is 13.8 Å². The molecule has 1 N–H and O–H groups in total. The Labute approximate surface area is 168 Å². The highest BCUT2D eigenvalue weighted by molar-refractivity contribution is 6.45. The van der Waals surface area contributed by atoms with Crippen molar-refractivity contribution >= 4 is 23.8 Å². The minimum absolute atomic E-state index is 0.00418. The van der Waals surface area contributed by atoms with Crippen LogP contribution in [0.1, 0.15) is 19.4 Å². The van der Waals surface area contributed by atoms with Crippen molar-refractivity contribution < 1.29 is 33.4 Å². The van der Waals surface area contributed by atoms with Crippen LogP contribution in [0, 0.1) is 5.92 Å². The summed E-state index contributed by atoms with van der Waals surface area (Å²) in [5, 5.41) is 2.61. The highest BCUT2D eigenvalue weighted by atomic mass is 16.5. The van der Waals surface area contributed by atoms with Gasteiger partial charge >= 0.3 is 17.8 Å². The Morgan fingerprint density at radius 3 is 2.00 bits per heavy atom. The van der Waals surface area contributed by atoms with Gasteiger partial charge in [-0.05, 0) is 23.6 Å². The SMILES string of the molecule is COc1cc(CNC(=O)CN2C(=O)C(=O)N(CC(C)C)C2=O)cc(OC)c1OC. The number of methoxy groups -OCH3 is 3. The summed E-state index contributed by atoms with van der Waals surface area (Å²) in [5.74, 6) is -1.22. The summed E-state index contributed by atoms with van der Waals surface area (Å²) < 4.78 is 15.8. The Kier molecular flexibility index (Phi) is 7.03. The number of rotatable bonds is 9. The monoisotopic (exact) mass is 407 g/mol. The van der Waals surface area contributed by atoms with E-state index >= 15 is 0 Å². The molecule has 0 aromatic heterocycles. The van der Waals surface area contributed by atoms with E-state index in [4.69, 9.17) is 14.2 Å². The molecule has 0 bridgehead atoms. The highest BCUT2D eigenvalue weighted by Crippen LogP contribution is 2.38. The van der Waals surface area contributed by atoms with Gasteiger partial charge in [0.25, 0.3) is 0 Å². The zero-order valence-electron chi connectivity index (χ0n) is 17.1. The van der Waals surface area contributed by atoms with Crippen LogP contribution in [-0.2, 0) is 20.9 Å². The summed E-state index contributed by atoms with van der Waals surface area (Å²) in [5.41, 5.74) is 0.657. The molecule has 1 aromatic rings. The number of imide groups is 2. The smallest absolute Gasteiger partial charge is 0.334 e. The van der Waals surface area contributed by atoms with E-state index in [-0.39, 0.29) is 19.0 Å². The Bertz CT molecular complexity index is 797. The third kappa shape index (κ3) is 4.76. The van der Waals surface area contributed by atoms with Gasteiger partial charge in [-0.15, -0.1) is 0 Å². The Morgan fingerprint density at radius 1 is 0.966 bits per heavy atom. The number of carbonyl (C=O) groups is 4. The van der Waals surface area contributed by atoms with Crippen molar-refractivity contribution in [3.63, 3.8) is 0 Å². The fourth-order valence-electron chi connectivity index (χ4n) is 2.85. The van der Waals surface area contributed by atoms with E-state index in [9.17, 15) is 19.2 Å². The van der Waals surface area contributed by atoms with Crippen LogP contribution < -0.4 is 19.5 Å². The van der Waals surface area contributed by atoms with Gasteiger partial charge in [0.1, 0.15) is 6.54 Å². The van der Waals surface area contributed by atoms with E-state index < -0.39 is 30.3 Å². The molecule has 1 aliphatic heterocycles. The summed E-state index contributed by atoms with van der Waals surface area (Å²) in [6, 6.07) is 2.56. The van der Waals surface area contributed by atoms with Crippen LogP contribution in [0.4, 0.5) is 4.79 Å². The molecule has 0 saturated carbocycles. The van der Waals surface area contributed by atoms with E-state index in [0.717, 1.165) is 4.90 Å². The van der Waals surface area contributed by atoms with Gasteiger partial charge in [0.15, 0.2) is 11.5 Å². The maximum atomic E-state index is 12.3. The number of benzene rings is 1. The largest absolute Gasteiger partial charge is 0.493 e. The number of hydrogen-bond donors (Lipinski definition) is 1. The van der Waals surface area contributed by atoms with Crippen molar-refractivity contribution in [3.05, 3.63) is 17.7 Å². The molecular formula is C19H25N3O7. The molecule has 0 spiro atoms. The van der Waals surface area contributed by atoms with Gasteiger partial charge in [-0.1, -0.05) is 13.8 Å². The average Bonchev–Trinajstić information content (AvgIpc) is 2.89. The second-order valence-corrected chi connectivity index (χ2v) is 6.79. The molecule has 10 nitrogen and oxygen atoms in total. The first-order valence-electron chi connectivity index (χ1n) is 8.96. The molecule has 0 unspecified atom stereocenters. The number of nitrogens with one attached hydrogen (secondary N) is 1. The van der Waals surface area contributed by atoms with Crippen molar-refractivity contribution in [2.45, 2.75) is 20.4 Å². The lowest BCUT2D eigenvalue weighted by Crippen LogP contribution is -2.41. The zero-order valence-corrected chi connectivity index (χ0v) is 17.1. The maximum Gasteiger partial charge on any atom is 0.334 e. The van der Waals surface area contributed by atoms with Gasteiger partial charge in [0.2, 0.25) is 11.7 Å². The number of ether oxygens (including phenoxy) is 3. The molecule has 5 amide bonds. The third-order valence-electron chi connectivity index (χ3n) is 4.20. The molecule has 1 saturated heterocycles. The summed E-state index contributed by atoms with van der Waals surface area (Å²) in [7, 11) is 4.43. The van der Waals surface area contributed by atoms with Crippen LogP contribution in [-0.4, -0.2) is 68.0 Å². The molecule has 1 fully saturated rings. The molecule has 1 aromatic carbocycles. The highest BCUT2D eigenvalue weighted by Gasteiger charge is 2.45. The molecule has 0 radical (unpaired) electrons. The lowest BCUT2D eigenvalue weighted by Gasteiger charge is -2.17. The van der Waals surface area contributed by atoms with Gasteiger partial charge in [-0.3, -0.25) is 19.3 Å². The molecule has 0 aliphatic carbocycles. The molecular weight excluding hydrogens is 382 g/mol. The fraction of sp³-hybridized carbons (Fsp3) is 0.474. The predicted octanol–water partition coefficient (Wildman–Crippen LogP) is 0.775. The van der Waals surface area contributed by atoms with Gasteiger partial charge in [-0.25, -0.2) is 9.69 Å². The van der Waals surface area contributed by atoms with Crippen LogP contribution in [0.25, 0.3) is 0 Å². The standard InChI is InChI=1S/C19H25N3O7/c1-11(2)9-21-17(24)18(25)22(19(21)26)10-15(23)20-8-12-6-13(27-3)16(29-5)14(7-12)28-4/h6-7,11H,8-10H2,1-5H3,(H,20,23). The second kappa shape index (κ2) is 9.26. The van der Waals surface area contributed by atoms with Crippen LogP contribution in [0.2, 0.25) is 0 Å². The lowest BCUT2D eigenvalue weighted by atomic mass is 10.1. The zero-order chi connectivity index (χ0) is 21.7. The topological polar surface area (TPSA) is 114 Å². The van der Waals surface area contributed by atoms with Gasteiger partial charge < -0.3 is 19.5 Å². The van der Waals surface area contributed by atoms with Crippen molar-refractivity contribution in [2.24, 2.45) is 5.92 Å². The number of amides is 5. The second-order valence-electron chi connectivity index (χ2n) is 6.79. The van der Waals surface area contributed by atoms with E-state index in [1.165, 1.54) is 21.3 Å². The van der Waals surface area contributed by atoms with Gasteiger partial charge in [0.05, 0.1) is 21.3 Å². The lowest BCUT2D eigenvalue weighted by molar-refractivity contribution is -0.144. The van der Waals surface area contributed by atoms with Crippen LogP contribution in [0.15, 0.2) is 12.1 Å². The number of hydrogen-bond acceptors (Lipinski definition) is 7. The minimum Gasteiger partial charge on any atom is -0.493 e. The Balaban J connectivity index is 2.04. The normalized spacial score (nSPS) is 13.9. The van der Waals surface area contributed by atoms with Crippen molar-refractivity contribution in [2.75, 3.05) is 34.4 Å². The molecule has 158 valence electrons. The van der Waals surface area contributed by atoms with Crippen molar-refractivity contribution in [3.8, 4) is 17.2 Å². The number of carbonyl (C=O) groups excluding carboxylic acids is 4. The molecule has 1 heterocycles. The molecule has 2 rings (SSSR count). The predicted molar refractivity (Wildman–Crippen MR) is 102 cm³/mol. The van der Waals surface area contributed by atoms with Crippen molar-refractivity contribution in [1.82, 2.24) is 15.1 Å². The van der Waals surface area contributed by atoms with E-state index in [2.05, 4.69) is 5.32 Å². The minimum atomic E-state index is -1.00. The number of nitrogens with zero attached hydrogens (tertiary/aromatic N) is 2. The maximum absolute atomic E-state index is 12.3. The molecule has 10 heteroatoms. The van der Waals surface area contributed by atoms with Gasteiger partial charge in [-0.2, -0.15) is 0 Å². The number of urea groups is 1.